The summed E-state index contributed by atoms with van der Waals surface area (Å²) in [7, 11) is 0. The molecule has 0 unspecified atom stereocenters. The summed E-state index contributed by atoms with van der Waals surface area (Å²) in [5.41, 5.74) is -0.590. The van der Waals surface area contributed by atoms with Gasteiger partial charge in [0, 0.05) is 13.0 Å². The fourth-order valence-corrected chi connectivity index (χ4v) is 4.38. The highest BCUT2D eigenvalue weighted by atomic mass is 19.3. The molecule has 1 N–H and O–H groups in total. The Kier molecular flexibility index (Phi) is 4.59. The van der Waals surface area contributed by atoms with Gasteiger partial charge in [-0.15, -0.1) is 0 Å². The van der Waals surface area contributed by atoms with Gasteiger partial charge in [0.05, 0.1) is 12.1 Å². The van der Waals surface area contributed by atoms with Gasteiger partial charge in [0.1, 0.15) is 5.54 Å². The second-order valence-corrected chi connectivity index (χ2v) is 8.25. The van der Waals surface area contributed by atoms with E-state index in [-0.39, 0.29) is 5.41 Å². The predicted octanol–water partition coefficient (Wildman–Crippen LogP) is 3.23. The van der Waals surface area contributed by atoms with E-state index in [0.29, 0.717) is 19.4 Å². The standard InChI is InChI=1S/C18H27F2N3O/c1-16(19,20)11-14(15(24)22-18(12-21)7-8-18)23-10-9-17(13-23)5-3-2-4-6-17/h14H,2-11,13H2,1H3,(H,22,24)/t14-/m0/s1. The number of nitrogens with zero attached hydrogens (tertiary/aromatic N) is 2. The van der Waals surface area contributed by atoms with Gasteiger partial charge in [0.25, 0.3) is 0 Å². The van der Waals surface area contributed by atoms with E-state index in [4.69, 9.17) is 5.26 Å². The monoisotopic (exact) mass is 339 g/mol. The van der Waals surface area contributed by atoms with Crippen LogP contribution in [0.4, 0.5) is 8.78 Å². The molecule has 134 valence electrons. The van der Waals surface area contributed by atoms with Crippen LogP contribution in [-0.4, -0.2) is 41.4 Å². The quantitative estimate of drug-likeness (QED) is 0.837. The minimum Gasteiger partial charge on any atom is -0.336 e. The van der Waals surface area contributed by atoms with E-state index in [0.717, 1.165) is 32.7 Å². The van der Waals surface area contributed by atoms with Crippen LogP contribution in [0.1, 0.15) is 64.7 Å². The van der Waals surface area contributed by atoms with Crippen LogP contribution >= 0.6 is 0 Å². The maximum Gasteiger partial charge on any atom is 0.247 e. The van der Waals surface area contributed by atoms with Crippen molar-refractivity contribution in [2.45, 2.75) is 82.2 Å². The van der Waals surface area contributed by atoms with Crippen molar-refractivity contribution in [2.75, 3.05) is 13.1 Å². The Hall–Kier alpha value is -1.22. The average molecular weight is 339 g/mol. The first kappa shape index (κ1) is 17.6. The minimum atomic E-state index is -2.90. The van der Waals surface area contributed by atoms with Gasteiger partial charge in [-0.3, -0.25) is 9.69 Å². The second kappa shape index (κ2) is 6.25. The van der Waals surface area contributed by atoms with E-state index in [1.165, 1.54) is 19.3 Å². The SMILES string of the molecule is CC(F)(F)C[C@@H](C(=O)NC1(C#N)CC1)N1CCC2(CCCCC2)C1. The zero-order chi connectivity index (χ0) is 17.4. The number of amides is 1. The van der Waals surface area contributed by atoms with Crippen LogP contribution in [0, 0.1) is 16.7 Å². The van der Waals surface area contributed by atoms with Crippen LogP contribution in [0.5, 0.6) is 0 Å². The summed E-state index contributed by atoms with van der Waals surface area (Å²) in [5, 5.41) is 11.9. The molecule has 1 spiro atoms. The number of halogens is 2. The lowest BCUT2D eigenvalue weighted by molar-refractivity contribution is -0.130. The van der Waals surface area contributed by atoms with Gasteiger partial charge in [0.2, 0.25) is 11.8 Å². The minimum absolute atomic E-state index is 0.215. The Balaban J connectivity index is 1.70. The first-order valence-electron chi connectivity index (χ1n) is 9.12. The van der Waals surface area contributed by atoms with Crippen LogP contribution < -0.4 is 5.32 Å². The smallest absolute Gasteiger partial charge is 0.247 e. The number of rotatable bonds is 5. The highest BCUT2D eigenvalue weighted by Gasteiger charge is 2.49. The molecule has 0 aromatic heterocycles. The molecule has 0 aromatic rings. The molecule has 0 radical (unpaired) electrons. The number of hydrogen-bond donors (Lipinski definition) is 1. The first-order chi connectivity index (χ1) is 11.3. The molecule has 1 heterocycles. The van der Waals surface area contributed by atoms with E-state index < -0.39 is 29.8 Å². The molecule has 3 aliphatic rings. The molecule has 3 fully saturated rings. The van der Waals surface area contributed by atoms with Crippen molar-refractivity contribution in [3.05, 3.63) is 0 Å². The maximum absolute atomic E-state index is 13.7. The van der Waals surface area contributed by atoms with Gasteiger partial charge >= 0.3 is 0 Å². The molecule has 2 aliphatic carbocycles. The number of nitrogens with one attached hydrogen (secondary N) is 1. The van der Waals surface area contributed by atoms with Crippen LogP contribution in [0.3, 0.4) is 0 Å². The van der Waals surface area contributed by atoms with E-state index in [1.54, 1.807) is 0 Å². The van der Waals surface area contributed by atoms with Crippen LogP contribution in [-0.2, 0) is 4.79 Å². The number of carbonyl (C=O) groups excluding carboxylic acids is 1. The number of nitriles is 1. The van der Waals surface area contributed by atoms with Crippen molar-refractivity contribution >= 4 is 5.91 Å². The fourth-order valence-electron chi connectivity index (χ4n) is 4.38. The van der Waals surface area contributed by atoms with Gasteiger partial charge in [-0.2, -0.15) is 5.26 Å². The van der Waals surface area contributed by atoms with Gasteiger partial charge in [-0.05, 0) is 51.0 Å². The first-order valence-corrected chi connectivity index (χ1v) is 9.12. The van der Waals surface area contributed by atoms with E-state index >= 15 is 0 Å². The van der Waals surface area contributed by atoms with E-state index in [2.05, 4.69) is 11.4 Å². The molecule has 4 nitrogen and oxygen atoms in total. The Morgan fingerprint density at radius 3 is 2.46 bits per heavy atom. The summed E-state index contributed by atoms with van der Waals surface area (Å²) in [5.74, 6) is -3.29. The van der Waals surface area contributed by atoms with Crippen LogP contribution in [0.15, 0.2) is 0 Å². The van der Waals surface area contributed by atoms with Gasteiger partial charge in [-0.1, -0.05) is 19.3 Å². The zero-order valence-electron chi connectivity index (χ0n) is 14.4. The molecular weight excluding hydrogens is 312 g/mol. The molecule has 1 atom stereocenters. The topological polar surface area (TPSA) is 56.1 Å². The van der Waals surface area contributed by atoms with Crippen molar-refractivity contribution in [3.63, 3.8) is 0 Å². The molecule has 1 saturated heterocycles. The van der Waals surface area contributed by atoms with Crippen molar-refractivity contribution in [1.82, 2.24) is 10.2 Å². The van der Waals surface area contributed by atoms with Gasteiger partial charge < -0.3 is 5.32 Å². The molecule has 2 saturated carbocycles. The lowest BCUT2D eigenvalue weighted by Gasteiger charge is -2.35. The molecule has 0 aromatic carbocycles. The molecule has 24 heavy (non-hydrogen) atoms. The zero-order valence-corrected chi connectivity index (χ0v) is 14.4. The third kappa shape index (κ3) is 3.88. The summed E-state index contributed by atoms with van der Waals surface area (Å²) < 4.78 is 27.4. The number of carbonyl (C=O) groups is 1. The summed E-state index contributed by atoms with van der Waals surface area (Å²) in [4.78, 5) is 14.6. The fraction of sp³-hybridized carbons (Fsp3) is 0.889. The molecule has 1 aliphatic heterocycles. The van der Waals surface area contributed by atoms with Crippen molar-refractivity contribution in [1.29, 1.82) is 5.26 Å². The summed E-state index contributed by atoms with van der Waals surface area (Å²) in [6.45, 7) is 2.31. The highest BCUT2D eigenvalue weighted by Crippen LogP contribution is 2.45. The van der Waals surface area contributed by atoms with E-state index in [1.807, 2.05) is 4.90 Å². The second-order valence-electron chi connectivity index (χ2n) is 8.25. The van der Waals surface area contributed by atoms with Crippen LogP contribution in [0.25, 0.3) is 0 Å². The van der Waals surface area contributed by atoms with Crippen molar-refractivity contribution in [2.24, 2.45) is 5.41 Å². The maximum atomic E-state index is 13.7. The summed E-state index contributed by atoms with van der Waals surface area (Å²) >= 11 is 0. The summed E-state index contributed by atoms with van der Waals surface area (Å²) in [6, 6.07) is 1.27. The lowest BCUT2D eigenvalue weighted by Crippen LogP contribution is -2.52. The van der Waals surface area contributed by atoms with Gasteiger partial charge in [-0.25, -0.2) is 8.78 Å². The predicted molar refractivity (Wildman–Crippen MR) is 86.5 cm³/mol. The Morgan fingerprint density at radius 2 is 1.92 bits per heavy atom. The number of hydrogen-bond acceptors (Lipinski definition) is 3. The third-order valence-electron chi connectivity index (χ3n) is 6.00. The number of likely N-dealkylation sites (tertiary alicyclic amines) is 1. The average Bonchev–Trinajstić information content (AvgIpc) is 3.19. The Morgan fingerprint density at radius 1 is 1.25 bits per heavy atom. The molecule has 0 bridgehead atoms. The normalized spacial score (nSPS) is 26.8. The number of alkyl halides is 2. The lowest BCUT2D eigenvalue weighted by atomic mass is 9.73. The molecule has 1 amide bonds. The third-order valence-corrected chi connectivity index (χ3v) is 6.00. The molecular formula is C18H27F2N3O. The van der Waals surface area contributed by atoms with Crippen molar-refractivity contribution in [3.8, 4) is 6.07 Å². The van der Waals surface area contributed by atoms with Gasteiger partial charge in [0.15, 0.2) is 0 Å². The van der Waals surface area contributed by atoms with Crippen LogP contribution in [0.2, 0.25) is 0 Å². The van der Waals surface area contributed by atoms with Crippen molar-refractivity contribution < 1.29 is 13.6 Å². The Bertz CT molecular complexity index is 527. The Labute approximate surface area is 142 Å². The summed E-state index contributed by atoms with van der Waals surface area (Å²) in [6.07, 6.45) is 7.70. The molecule has 6 heteroatoms. The largest absolute Gasteiger partial charge is 0.336 e. The molecule has 3 rings (SSSR count). The highest BCUT2D eigenvalue weighted by molar-refractivity contribution is 5.83. The van der Waals surface area contributed by atoms with E-state index in [9.17, 15) is 13.6 Å².